The van der Waals surface area contributed by atoms with Gasteiger partial charge in [-0.25, -0.2) is 0 Å². The van der Waals surface area contributed by atoms with E-state index in [1.165, 1.54) is 5.56 Å². The number of carbonyl (C=O) groups excluding carboxylic acids is 1. The molecule has 2 atom stereocenters. The molecule has 4 rings (SSSR count). The fourth-order valence-corrected chi connectivity index (χ4v) is 4.63. The quantitative estimate of drug-likeness (QED) is 0.791. The average Bonchev–Trinajstić information content (AvgIpc) is 3.05. The summed E-state index contributed by atoms with van der Waals surface area (Å²) in [6.07, 6.45) is 4.33. The van der Waals surface area contributed by atoms with Crippen molar-refractivity contribution in [1.29, 1.82) is 0 Å². The van der Waals surface area contributed by atoms with Crippen molar-refractivity contribution in [3.05, 3.63) is 65.2 Å². The van der Waals surface area contributed by atoms with Crippen LogP contribution in [-0.4, -0.2) is 34.9 Å². The Morgan fingerprint density at radius 1 is 1.08 bits per heavy atom. The number of benzene rings is 2. The molecule has 2 aliphatic rings. The van der Waals surface area contributed by atoms with Crippen LogP contribution in [0.25, 0.3) is 0 Å². The summed E-state index contributed by atoms with van der Waals surface area (Å²) < 4.78 is 0. The van der Waals surface area contributed by atoms with Gasteiger partial charge in [-0.2, -0.15) is 0 Å². The first-order valence-corrected chi connectivity index (χ1v) is 9.33. The summed E-state index contributed by atoms with van der Waals surface area (Å²) in [4.78, 5) is 14.8. The Labute approximate surface area is 165 Å². The van der Waals surface area contributed by atoms with Crippen molar-refractivity contribution >= 4 is 22.8 Å². The number of fused-ring (bicyclic) bond motifs is 3. The summed E-state index contributed by atoms with van der Waals surface area (Å²) in [5.41, 5.74) is 3.58. The summed E-state index contributed by atoms with van der Waals surface area (Å²) in [5, 5.41) is 10.1. The smallest absolute Gasteiger partial charge is 0.138 e. The molecule has 1 aliphatic carbocycles. The second-order valence-corrected chi connectivity index (χ2v) is 7.33. The lowest BCUT2D eigenvalue weighted by molar-refractivity contribution is -0.118. The number of halogens is 1. The van der Waals surface area contributed by atoms with Crippen LogP contribution < -0.4 is 0 Å². The summed E-state index contributed by atoms with van der Waals surface area (Å²) in [5.74, 6) is 1.29. The molecular formula is C22H26BrNO2. The lowest BCUT2D eigenvalue weighted by Gasteiger charge is -2.33. The summed E-state index contributed by atoms with van der Waals surface area (Å²) in [6, 6.07) is 16.5. The molecule has 1 saturated heterocycles. The minimum absolute atomic E-state index is 0. The molecule has 2 unspecified atom stereocenters. The fraction of sp³-hybridized carbons (Fsp3) is 0.409. The van der Waals surface area contributed by atoms with Gasteiger partial charge in [0.15, 0.2) is 0 Å². The van der Waals surface area contributed by atoms with E-state index in [-0.39, 0.29) is 17.0 Å². The van der Waals surface area contributed by atoms with Gasteiger partial charge < -0.3 is 5.11 Å². The molecule has 138 valence electrons. The van der Waals surface area contributed by atoms with E-state index in [1.54, 1.807) is 6.07 Å². The van der Waals surface area contributed by atoms with Crippen LogP contribution in [-0.2, 0) is 17.6 Å². The second kappa shape index (κ2) is 8.36. The molecule has 1 heterocycles. The van der Waals surface area contributed by atoms with Gasteiger partial charge in [0, 0.05) is 31.3 Å². The van der Waals surface area contributed by atoms with Gasteiger partial charge in [0.05, 0.1) is 0 Å². The highest BCUT2D eigenvalue weighted by Gasteiger charge is 2.39. The topological polar surface area (TPSA) is 40.5 Å². The Hall–Kier alpha value is -1.65. The van der Waals surface area contributed by atoms with Crippen LogP contribution in [0.5, 0.6) is 5.75 Å². The largest absolute Gasteiger partial charge is 0.508 e. The number of hydrogen-bond acceptors (Lipinski definition) is 3. The lowest BCUT2D eigenvalue weighted by atomic mass is 9.79. The molecular weight excluding hydrogens is 390 g/mol. The summed E-state index contributed by atoms with van der Waals surface area (Å²) in [6.45, 7) is 1.92. The minimum Gasteiger partial charge on any atom is -0.508 e. The standard InChI is InChI=1S/C22H25NO2.BrH/c24-17(15-16-5-2-1-3-6-16)11-13-23-14-12-19-18-7-4-8-22(25)20(18)9-10-21(19)23;/h1-8,19,21,25H,9-15H2;1H. The Balaban J connectivity index is 0.00000196. The minimum atomic E-state index is 0. The summed E-state index contributed by atoms with van der Waals surface area (Å²) in [7, 11) is 0. The Bertz CT molecular complexity index is 762. The monoisotopic (exact) mass is 415 g/mol. The van der Waals surface area contributed by atoms with Crippen LogP contribution in [0.3, 0.4) is 0 Å². The molecule has 26 heavy (non-hydrogen) atoms. The van der Waals surface area contributed by atoms with Crippen molar-refractivity contribution in [3.63, 3.8) is 0 Å². The second-order valence-electron chi connectivity index (χ2n) is 7.33. The maximum atomic E-state index is 12.3. The molecule has 2 aromatic rings. The van der Waals surface area contributed by atoms with E-state index in [0.29, 0.717) is 36.3 Å². The zero-order chi connectivity index (χ0) is 17.2. The van der Waals surface area contributed by atoms with Crippen LogP contribution in [0.15, 0.2) is 48.5 Å². The number of phenolic OH excluding ortho intramolecular Hbond substituents is 1. The number of rotatable bonds is 5. The van der Waals surface area contributed by atoms with Crippen molar-refractivity contribution in [1.82, 2.24) is 4.90 Å². The van der Waals surface area contributed by atoms with Gasteiger partial charge in [-0.05, 0) is 48.6 Å². The highest BCUT2D eigenvalue weighted by atomic mass is 79.9. The van der Waals surface area contributed by atoms with Gasteiger partial charge in [-0.3, -0.25) is 9.69 Å². The van der Waals surface area contributed by atoms with Crippen LogP contribution in [0, 0.1) is 0 Å². The SMILES string of the molecule is Br.O=C(CCN1CCC2c3cccc(O)c3CCC21)Cc1ccccc1. The van der Waals surface area contributed by atoms with E-state index in [1.807, 2.05) is 36.4 Å². The van der Waals surface area contributed by atoms with Crippen LogP contribution >= 0.6 is 17.0 Å². The molecule has 0 spiro atoms. The molecule has 0 aromatic heterocycles. The lowest BCUT2D eigenvalue weighted by Crippen LogP contribution is -2.36. The van der Waals surface area contributed by atoms with Crippen LogP contribution in [0.4, 0.5) is 0 Å². The van der Waals surface area contributed by atoms with Gasteiger partial charge in [-0.1, -0.05) is 42.5 Å². The van der Waals surface area contributed by atoms with Gasteiger partial charge in [0.1, 0.15) is 11.5 Å². The van der Waals surface area contributed by atoms with Crippen LogP contribution in [0.2, 0.25) is 0 Å². The molecule has 1 N–H and O–H groups in total. The molecule has 0 radical (unpaired) electrons. The van der Waals surface area contributed by atoms with Crippen molar-refractivity contribution < 1.29 is 9.90 Å². The van der Waals surface area contributed by atoms with Gasteiger partial charge >= 0.3 is 0 Å². The van der Waals surface area contributed by atoms with E-state index in [4.69, 9.17) is 0 Å². The zero-order valence-corrected chi connectivity index (χ0v) is 16.6. The Morgan fingerprint density at radius 3 is 2.69 bits per heavy atom. The van der Waals surface area contributed by atoms with Crippen molar-refractivity contribution in [2.24, 2.45) is 0 Å². The number of ketones is 1. The number of Topliss-reactive ketones (excluding diaryl/α,β-unsaturated/α-hetero) is 1. The van der Waals surface area contributed by atoms with Gasteiger partial charge in [0.25, 0.3) is 0 Å². The Kier molecular flexibility index (Phi) is 6.15. The number of carbonyl (C=O) groups is 1. The van der Waals surface area contributed by atoms with Crippen molar-refractivity contribution in [2.45, 2.75) is 44.1 Å². The fourth-order valence-electron chi connectivity index (χ4n) is 4.63. The molecule has 1 fully saturated rings. The average molecular weight is 416 g/mol. The van der Waals surface area contributed by atoms with Gasteiger partial charge in [-0.15, -0.1) is 17.0 Å². The van der Waals surface area contributed by atoms with E-state index >= 15 is 0 Å². The third-order valence-electron chi connectivity index (χ3n) is 5.86. The number of nitrogens with zero attached hydrogens (tertiary/aromatic N) is 1. The highest BCUT2D eigenvalue weighted by Crippen LogP contribution is 2.43. The number of aromatic hydroxyl groups is 1. The predicted octanol–water partition coefficient (Wildman–Crippen LogP) is 4.28. The Morgan fingerprint density at radius 2 is 1.88 bits per heavy atom. The first-order valence-electron chi connectivity index (χ1n) is 9.33. The molecule has 0 amide bonds. The molecule has 4 heteroatoms. The third-order valence-corrected chi connectivity index (χ3v) is 5.86. The van der Waals surface area contributed by atoms with E-state index in [0.717, 1.165) is 43.5 Å². The van der Waals surface area contributed by atoms with Gasteiger partial charge in [0.2, 0.25) is 0 Å². The first-order chi connectivity index (χ1) is 12.2. The highest BCUT2D eigenvalue weighted by molar-refractivity contribution is 8.93. The number of likely N-dealkylation sites (tertiary alicyclic amines) is 1. The molecule has 2 aromatic carbocycles. The normalized spacial score (nSPS) is 21.5. The maximum Gasteiger partial charge on any atom is 0.138 e. The molecule has 1 aliphatic heterocycles. The number of hydrogen-bond donors (Lipinski definition) is 1. The molecule has 0 bridgehead atoms. The predicted molar refractivity (Wildman–Crippen MR) is 109 cm³/mol. The first kappa shape index (κ1) is 19.1. The molecule has 0 saturated carbocycles. The van der Waals surface area contributed by atoms with Crippen LogP contribution in [0.1, 0.15) is 41.9 Å². The van der Waals surface area contributed by atoms with E-state index < -0.39 is 0 Å². The molecule has 3 nitrogen and oxygen atoms in total. The van der Waals surface area contributed by atoms with Crippen molar-refractivity contribution in [2.75, 3.05) is 13.1 Å². The number of phenols is 1. The summed E-state index contributed by atoms with van der Waals surface area (Å²) >= 11 is 0. The maximum absolute atomic E-state index is 12.3. The third kappa shape index (κ3) is 3.86. The van der Waals surface area contributed by atoms with E-state index in [2.05, 4.69) is 11.0 Å². The van der Waals surface area contributed by atoms with E-state index in [9.17, 15) is 9.90 Å². The van der Waals surface area contributed by atoms with Crippen molar-refractivity contribution in [3.8, 4) is 5.75 Å². The zero-order valence-electron chi connectivity index (χ0n) is 14.9.